The monoisotopic (exact) mass is 148 g/mol. The Bertz CT molecular complexity index is 88.9. The highest BCUT2D eigenvalue weighted by Gasteiger charge is 1.98. The van der Waals surface area contributed by atoms with Gasteiger partial charge in [-0.1, -0.05) is 7.43 Å². The highest BCUT2D eigenvalue weighted by atomic mass is 16.4. The normalized spacial score (nSPS) is 11.8. The maximum atomic E-state index is 9.90. The highest BCUT2D eigenvalue weighted by molar-refractivity contribution is 5.66. The van der Waals surface area contributed by atoms with Gasteiger partial charge in [0, 0.05) is 6.42 Å². The predicted octanol–water partition coefficient (Wildman–Crippen LogP) is 1.26. The summed E-state index contributed by atoms with van der Waals surface area (Å²) in [5.41, 5.74) is 0. The molecule has 0 aromatic rings. The van der Waals surface area contributed by atoms with Crippen molar-refractivity contribution >= 4 is 5.97 Å². The van der Waals surface area contributed by atoms with Gasteiger partial charge in [-0.25, -0.2) is 0 Å². The minimum Gasteiger partial charge on any atom is -0.481 e. The van der Waals surface area contributed by atoms with Crippen molar-refractivity contribution in [3.63, 3.8) is 0 Å². The molecule has 0 bridgehead atoms. The number of hydrogen-bond donors (Lipinski definition) is 2. The molecule has 0 aliphatic carbocycles. The lowest BCUT2D eigenvalue weighted by atomic mass is 10.2. The van der Waals surface area contributed by atoms with Gasteiger partial charge in [0.1, 0.15) is 0 Å². The molecule has 0 rings (SSSR count). The minimum atomic E-state index is -0.796. The van der Waals surface area contributed by atoms with Gasteiger partial charge in [-0.2, -0.15) is 0 Å². The smallest absolute Gasteiger partial charge is 0.303 e. The van der Waals surface area contributed by atoms with Gasteiger partial charge in [0.15, 0.2) is 0 Å². The van der Waals surface area contributed by atoms with E-state index in [4.69, 9.17) is 10.2 Å². The second-order valence-electron chi connectivity index (χ2n) is 2.13. The van der Waals surface area contributed by atoms with Crippen LogP contribution in [0.3, 0.4) is 0 Å². The standard InChI is InChI=1S/C6H12O3.CH4/c1-5(7)3-2-4-6(8)9;/h5,7H,2-4H2,1H3,(H,8,9);1H4. The van der Waals surface area contributed by atoms with Gasteiger partial charge in [-0.15, -0.1) is 0 Å². The Morgan fingerprint density at radius 2 is 2.10 bits per heavy atom. The Kier molecular flexibility index (Phi) is 7.95. The molecule has 0 heterocycles. The molecule has 0 aliphatic rings. The Hall–Kier alpha value is -0.570. The van der Waals surface area contributed by atoms with E-state index in [1.54, 1.807) is 6.92 Å². The number of rotatable bonds is 4. The summed E-state index contributed by atoms with van der Waals surface area (Å²) in [7, 11) is 0. The van der Waals surface area contributed by atoms with E-state index in [-0.39, 0.29) is 20.0 Å². The number of hydrogen-bond acceptors (Lipinski definition) is 2. The summed E-state index contributed by atoms with van der Waals surface area (Å²) in [5.74, 6) is -0.796. The molecule has 0 aromatic heterocycles. The molecule has 62 valence electrons. The number of aliphatic hydroxyl groups is 1. The Balaban J connectivity index is 0. The van der Waals surface area contributed by atoms with Crippen LogP contribution in [0, 0.1) is 0 Å². The molecular weight excluding hydrogens is 132 g/mol. The Morgan fingerprint density at radius 1 is 1.60 bits per heavy atom. The van der Waals surface area contributed by atoms with Gasteiger partial charge < -0.3 is 10.2 Å². The van der Waals surface area contributed by atoms with Crippen LogP contribution in [0.4, 0.5) is 0 Å². The van der Waals surface area contributed by atoms with E-state index in [0.29, 0.717) is 12.8 Å². The molecule has 2 N–H and O–H groups in total. The summed E-state index contributed by atoms with van der Waals surface area (Å²) in [6.45, 7) is 1.65. The van der Waals surface area contributed by atoms with Crippen molar-refractivity contribution in [1.29, 1.82) is 0 Å². The summed E-state index contributed by atoms with van der Waals surface area (Å²) >= 11 is 0. The summed E-state index contributed by atoms with van der Waals surface area (Å²) in [6.07, 6.45) is 0.925. The number of aliphatic carboxylic acids is 1. The molecule has 3 nitrogen and oxygen atoms in total. The highest BCUT2D eigenvalue weighted by Crippen LogP contribution is 1.98. The second kappa shape index (κ2) is 6.55. The van der Waals surface area contributed by atoms with Gasteiger partial charge in [0.2, 0.25) is 0 Å². The molecule has 0 aliphatic heterocycles. The van der Waals surface area contributed by atoms with Crippen LogP contribution < -0.4 is 0 Å². The van der Waals surface area contributed by atoms with Crippen molar-refractivity contribution in [3.05, 3.63) is 0 Å². The van der Waals surface area contributed by atoms with Crippen LogP contribution in [0.2, 0.25) is 0 Å². The zero-order valence-electron chi connectivity index (χ0n) is 5.50. The fourth-order valence-corrected chi connectivity index (χ4v) is 0.549. The first-order valence-corrected chi connectivity index (χ1v) is 3.03. The Morgan fingerprint density at radius 3 is 2.40 bits per heavy atom. The third kappa shape index (κ3) is 10.4. The van der Waals surface area contributed by atoms with Gasteiger partial charge in [-0.3, -0.25) is 4.79 Å². The van der Waals surface area contributed by atoms with Crippen molar-refractivity contribution in [2.75, 3.05) is 0 Å². The Labute approximate surface area is 61.7 Å². The van der Waals surface area contributed by atoms with Crippen molar-refractivity contribution < 1.29 is 15.0 Å². The molecule has 10 heavy (non-hydrogen) atoms. The van der Waals surface area contributed by atoms with Crippen LogP contribution in [0.1, 0.15) is 33.6 Å². The fraction of sp³-hybridized carbons (Fsp3) is 0.857. The quantitative estimate of drug-likeness (QED) is 0.631. The molecule has 0 saturated carbocycles. The van der Waals surface area contributed by atoms with Gasteiger partial charge in [0.05, 0.1) is 6.10 Å². The number of carboxylic acids is 1. The first-order chi connectivity index (χ1) is 4.13. The zero-order valence-corrected chi connectivity index (χ0v) is 5.50. The first kappa shape index (κ1) is 12.1. The van der Waals surface area contributed by atoms with E-state index in [0.717, 1.165) is 0 Å². The molecule has 0 amide bonds. The van der Waals surface area contributed by atoms with Crippen molar-refractivity contribution in [3.8, 4) is 0 Å². The average Bonchev–Trinajstić information content (AvgIpc) is 1.63. The first-order valence-electron chi connectivity index (χ1n) is 3.03. The largest absolute Gasteiger partial charge is 0.481 e. The molecular formula is C7H16O3. The topological polar surface area (TPSA) is 57.5 Å². The molecule has 0 spiro atoms. The molecule has 1 unspecified atom stereocenters. The molecule has 0 saturated heterocycles. The van der Waals surface area contributed by atoms with E-state index < -0.39 is 5.97 Å². The zero-order chi connectivity index (χ0) is 7.28. The SMILES string of the molecule is C.CC(O)CCCC(=O)O. The third-order valence-electron chi connectivity index (χ3n) is 1.01. The number of aliphatic hydroxyl groups excluding tert-OH is 1. The van der Waals surface area contributed by atoms with E-state index in [9.17, 15) is 4.79 Å². The van der Waals surface area contributed by atoms with Crippen molar-refractivity contribution in [1.82, 2.24) is 0 Å². The molecule has 3 heteroatoms. The van der Waals surface area contributed by atoms with E-state index in [2.05, 4.69) is 0 Å². The van der Waals surface area contributed by atoms with Crippen LogP contribution in [-0.2, 0) is 4.79 Å². The third-order valence-corrected chi connectivity index (χ3v) is 1.01. The summed E-state index contributed by atoms with van der Waals surface area (Å²) in [4.78, 5) is 9.90. The second-order valence-corrected chi connectivity index (χ2v) is 2.13. The summed E-state index contributed by atoms with van der Waals surface area (Å²) < 4.78 is 0. The van der Waals surface area contributed by atoms with Crippen LogP contribution in [0.25, 0.3) is 0 Å². The van der Waals surface area contributed by atoms with Crippen molar-refractivity contribution in [2.24, 2.45) is 0 Å². The fourth-order valence-electron chi connectivity index (χ4n) is 0.549. The summed E-state index contributed by atoms with van der Waals surface area (Å²) in [6, 6.07) is 0. The molecule has 0 fully saturated rings. The van der Waals surface area contributed by atoms with E-state index in [1.165, 1.54) is 0 Å². The maximum Gasteiger partial charge on any atom is 0.303 e. The number of carboxylic acid groups (broad SMARTS) is 1. The van der Waals surface area contributed by atoms with Gasteiger partial charge in [0.25, 0.3) is 0 Å². The predicted molar refractivity (Wildman–Crippen MR) is 39.9 cm³/mol. The summed E-state index contributed by atoms with van der Waals surface area (Å²) in [5, 5.41) is 16.8. The van der Waals surface area contributed by atoms with Gasteiger partial charge in [-0.05, 0) is 19.8 Å². The number of carbonyl (C=O) groups is 1. The lowest BCUT2D eigenvalue weighted by Gasteiger charge is -1.99. The minimum absolute atomic E-state index is 0. The van der Waals surface area contributed by atoms with Crippen LogP contribution >= 0.6 is 0 Å². The van der Waals surface area contributed by atoms with Crippen LogP contribution in [-0.4, -0.2) is 22.3 Å². The average molecular weight is 148 g/mol. The van der Waals surface area contributed by atoms with E-state index >= 15 is 0 Å². The lowest BCUT2D eigenvalue weighted by Crippen LogP contribution is -2.01. The molecule has 0 aromatic carbocycles. The van der Waals surface area contributed by atoms with E-state index in [1.807, 2.05) is 0 Å². The maximum absolute atomic E-state index is 9.90. The molecule has 0 radical (unpaired) electrons. The molecule has 1 atom stereocenters. The lowest BCUT2D eigenvalue weighted by molar-refractivity contribution is -0.137. The van der Waals surface area contributed by atoms with Crippen LogP contribution in [0.5, 0.6) is 0 Å². The van der Waals surface area contributed by atoms with Gasteiger partial charge >= 0.3 is 5.97 Å². The van der Waals surface area contributed by atoms with Crippen LogP contribution in [0.15, 0.2) is 0 Å². The van der Waals surface area contributed by atoms with Crippen molar-refractivity contribution in [2.45, 2.75) is 39.7 Å².